The fraction of sp³-hybridized carbons (Fsp3) is 0.118. The van der Waals surface area contributed by atoms with Crippen molar-refractivity contribution in [2.45, 2.75) is 4.21 Å². The average Bonchev–Trinajstić information content (AvgIpc) is 2.99. The van der Waals surface area contributed by atoms with E-state index in [1.165, 1.54) is 7.11 Å². The Morgan fingerprint density at radius 1 is 1.37 bits per heavy atom. The second-order valence-electron chi connectivity index (χ2n) is 5.39. The highest BCUT2D eigenvalue weighted by molar-refractivity contribution is 8.02. The zero-order valence-corrected chi connectivity index (χ0v) is 15.7. The molecule has 0 unspecified atom stereocenters. The van der Waals surface area contributed by atoms with Crippen molar-refractivity contribution in [3.8, 4) is 11.5 Å². The third-order valence-corrected chi connectivity index (χ3v) is 6.07. The second kappa shape index (κ2) is 7.72. The Morgan fingerprint density at radius 3 is 2.81 bits per heavy atom. The van der Waals surface area contributed by atoms with E-state index >= 15 is 0 Å². The molecule has 8 nitrogen and oxygen atoms in total. The number of aromatic hydroxyl groups is 1. The van der Waals surface area contributed by atoms with E-state index in [0.29, 0.717) is 20.3 Å². The fourth-order valence-corrected chi connectivity index (χ4v) is 4.70. The van der Waals surface area contributed by atoms with Crippen LogP contribution < -0.4 is 21.3 Å². The number of carbonyl (C=O) groups is 2. The summed E-state index contributed by atoms with van der Waals surface area (Å²) in [4.78, 5) is 38.2. The number of rotatable bonds is 6. The number of anilines is 1. The monoisotopic (exact) mass is 405 g/mol. The summed E-state index contributed by atoms with van der Waals surface area (Å²) in [5.74, 6) is -0.786. The van der Waals surface area contributed by atoms with Crippen LogP contribution in [-0.4, -0.2) is 34.8 Å². The smallest absolute Gasteiger partial charge is 0.252 e. The summed E-state index contributed by atoms with van der Waals surface area (Å²) in [6.07, 6.45) is 0. The molecule has 0 spiro atoms. The van der Waals surface area contributed by atoms with Crippen molar-refractivity contribution in [1.82, 2.24) is 4.98 Å². The van der Waals surface area contributed by atoms with E-state index in [-0.39, 0.29) is 28.5 Å². The van der Waals surface area contributed by atoms with Gasteiger partial charge in [0.2, 0.25) is 5.91 Å². The van der Waals surface area contributed by atoms with Gasteiger partial charge in [0, 0.05) is 6.07 Å². The molecule has 0 bridgehead atoms. The molecule has 2 aromatic heterocycles. The van der Waals surface area contributed by atoms with Crippen LogP contribution in [0.3, 0.4) is 0 Å². The fourth-order valence-electron chi connectivity index (χ4n) is 2.45. The van der Waals surface area contributed by atoms with Gasteiger partial charge in [-0.05, 0) is 12.1 Å². The number of pyridine rings is 1. The van der Waals surface area contributed by atoms with Gasteiger partial charge in [0.15, 0.2) is 0 Å². The number of methoxy groups -OCH3 is 1. The molecule has 0 aliphatic heterocycles. The minimum Gasteiger partial charge on any atom is -0.506 e. The highest BCUT2D eigenvalue weighted by Crippen LogP contribution is 2.40. The number of fused-ring (bicyclic) bond motifs is 1. The van der Waals surface area contributed by atoms with Crippen LogP contribution in [-0.2, 0) is 4.79 Å². The predicted octanol–water partition coefficient (Wildman–Crippen LogP) is 2.13. The highest BCUT2D eigenvalue weighted by Gasteiger charge is 2.21. The zero-order chi connectivity index (χ0) is 19.6. The lowest BCUT2D eigenvalue weighted by molar-refractivity contribution is -0.113. The molecule has 0 radical (unpaired) electrons. The van der Waals surface area contributed by atoms with E-state index in [9.17, 15) is 19.5 Å². The molecule has 0 saturated carbocycles. The number of nitrogens with two attached hydrogens (primary N) is 1. The minimum atomic E-state index is -0.755. The van der Waals surface area contributed by atoms with Gasteiger partial charge >= 0.3 is 0 Å². The molecule has 0 aliphatic rings. The van der Waals surface area contributed by atoms with Crippen LogP contribution >= 0.6 is 23.1 Å². The molecule has 5 N–H and O–H groups in total. The number of thiophene rings is 1. The standard InChI is InChI=1S/C17H15N3O5S2/c1-25-10-5-3-2-4-8(10)19-12(23)7-26-17-13(16(18)24)14-15(27-17)9(21)6-11(22)20-14/h2-6H,7H2,1H3,(H2,18,24)(H,19,23)(H2,20,21,22). The maximum absolute atomic E-state index is 12.3. The van der Waals surface area contributed by atoms with E-state index in [4.69, 9.17) is 10.5 Å². The molecule has 2 heterocycles. The van der Waals surface area contributed by atoms with Gasteiger partial charge in [0.1, 0.15) is 11.5 Å². The molecule has 3 rings (SSSR count). The maximum atomic E-state index is 12.3. The third-order valence-electron chi connectivity index (χ3n) is 3.59. The van der Waals surface area contributed by atoms with Gasteiger partial charge in [-0.1, -0.05) is 12.1 Å². The van der Waals surface area contributed by atoms with Crippen LogP contribution in [0.15, 0.2) is 39.3 Å². The van der Waals surface area contributed by atoms with Crippen LogP contribution in [0.25, 0.3) is 10.2 Å². The van der Waals surface area contributed by atoms with Crippen LogP contribution in [0.2, 0.25) is 0 Å². The van der Waals surface area contributed by atoms with Crippen molar-refractivity contribution >= 4 is 50.8 Å². The Hall–Kier alpha value is -2.98. The van der Waals surface area contributed by atoms with Crippen molar-refractivity contribution in [3.63, 3.8) is 0 Å². The number of amides is 2. The first-order valence-electron chi connectivity index (χ1n) is 7.65. The van der Waals surface area contributed by atoms with Crippen molar-refractivity contribution in [3.05, 3.63) is 46.2 Å². The lowest BCUT2D eigenvalue weighted by Gasteiger charge is -2.09. The number of aromatic nitrogens is 1. The predicted molar refractivity (Wildman–Crippen MR) is 105 cm³/mol. The summed E-state index contributed by atoms with van der Waals surface area (Å²) >= 11 is 2.17. The minimum absolute atomic E-state index is 0.00382. The number of carbonyl (C=O) groups excluding carboxylic acids is 2. The van der Waals surface area contributed by atoms with Gasteiger partial charge in [0.25, 0.3) is 11.5 Å². The van der Waals surface area contributed by atoms with Gasteiger partial charge in [-0.25, -0.2) is 0 Å². The van der Waals surface area contributed by atoms with Crippen LogP contribution in [0.1, 0.15) is 10.4 Å². The molecule has 0 aliphatic carbocycles. The van der Waals surface area contributed by atoms with Crippen molar-refractivity contribution in [2.75, 3.05) is 18.2 Å². The molecule has 0 fully saturated rings. The molecule has 1 aromatic carbocycles. The largest absolute Gasteiger partial charge is 0.506 e. The lowest BCUT2D eigenvalue weighted by Crippen LogP contribution is -2.16. The molecule has 0 atom stereocenters. The number of nitrogens with one attached hydrogen (secondary N) is 2. The Labute approximate surface area is 161 Å². The summed E-state index contributed by atoms with van der Waals surface area (Å²) < 4.78 is 5.95. The normalized spacial score (nSPS) is 10.7. The number of para-hydroxylation sites is 2. The molecule has 10 heteroatoms. The number of H-pyrrole nitrogens is 1. The quantitative estimate of drug-likeness (QED) is 0.464. The molecule has 0 saturated heterocycles. The first-order valence-corrected chi connectivity index (χ1v) is 9.45. The Bertz CT molecular complexity index is 1090. The Balaban J connectivity index is 1.83. The van der Waals surface area contributed by atoms with Crippen LogP contribution in [0.4, 0.5) is 5.69 Å². The topological polar surface area (TPSA) is 135 Å². The lowest BCUT2D eigenvalue weighted by atomic mass is 10.2. The Morgan fingerprint density at radius 2 is 2.11 bits per heavy atom. The van der Waals surface area contributed by atoms with Crippen molar-refractivity contribution in [1.29, 1.82) is 0 Å². The number of thioether (sulfide) groups is 1. The van der Waals surface area contributed by atoms with Gasteiger partial charge in [-0.3, -0.25) is 14.4 Å². The first-order chi connectivity index (χ1) is 12.9. The molecular formula is C17H15N3O5S2. The van der Waals surface area contributed by atoms with Crippen LogP contribution in [0, 0.1) is 0 Å². The van der Waals surface area contributed by atoms with Gasteiger partial charge in [-0.2, -0.15) is 0 Å². The van der Waals surface area contributed by atoms with Crippen LogP contribution in [0.5, 0.6) is 11.5 Å². The highest BCUT2D eigenvalue weighted by atomic mass is 32.2. The first kappa shape index (κ1) is 18.8. The number of aromatic amines is 1. The third kappa shape index (κ3) is 3.91. The SMILES string of the molecule is COc1ccccc1NC(=O)CSc1sc2c(O)cc(=O)[nH]c2c1C(N)=O. The summed E-state index contributed by atoms with van der Waals surface area (Å²) in [7, 11) is 1.50. The Kier molecular flexibility index (Phi) is 5.38. The summed E-state index contributed by atoms with van der Waals surface area (Å²) in [6, 6.07) is 8.00. The second-order valence-corrected chi connectivity index (χ2v) is 7.65. The number of hydrogen-bond donors (Lipinski definition) is 4. The molecular weight excluding hydrogens is 390 g/mol. The van der Waals surface area contributed by atoms with E-state index in [0.717, 1.165) is 29.2 Å². The number of ether oxygens (including phenoxy) is 1. The van der Waals surface area contributed by atoms with E-state index in [2.05, 4.69) is 10.3 Å². The van der Waals surface area contributed by atoms with Gasteiger partial charge in [-0.15, -0.1) is 23.1 Å². The van der Waals surface area contributed by atoms with E-state index in [1.54, 1.807) is 24.3 Å². The number of primary amides is 1. The summed E-state index contributed by atoms with van der Waals surface area (Å²) in [5, 5.41) is 12.7. The van der Waals surface area contributed by atoms with Crippen molar-refractivity contribution in [2.24, 2.45) is 5.73 Å². The van der Waals surface area contributed by atoms with Crippen molar-refractivity contribution < 1.29 is 19.4 Å². The number of hydrogen-bond acceptors (Lipinski definition) is 7. The number of benzene rings is 1. The zero-order valence-electron chi connectivity index (χ0n) is 14.1. The summed E-state index contributed by atoms with van der Waals surface area (Å²) in [6.45, 7) is 0. The van der Waals surface area contributed by atoms with E-state index in [1.807, 2.05) is 0 Å². The molecule has 27 heavy (non-hydrogen) atoms. The van der Waals surface area contributed by atoms with Gasteiger partial charge in [0.05, 0.1) is 38.5 Å². The summed E-state index contributed by atoms with van der Waals surface area (Å²) in [5.41, 5.74) is 5.66. The average molecular weight is 405 g/mol. The molecule has 3 aromatic rings. The van der Waals surface area contributed by atoms with Gasteiger partial charge < -0.3 is 25.9 Å². The maximum Gasteiger partial charge on any atom is 0.252 e. The molecule has 140 valence electrons. The molecule has 2 amide bonds. The van der Waals surface area contributed by atoms with E-state index < -0.39 is 11.5 Å².